The van der Waals surface area contributed by atoms with Crippen LogP contribution < -0.4 is 0 Å². The van der Waals surface area contributed by atoms with E-state index in [1.165, 1.54) is 40.0 Å². The summed E-state index contributed by atoms with van der Waals surface area (Å²) >= 11 is 0. The van der Waals surface area contributed by atoms with Crippen molar-refractivity contribution in [2.45, 2.75) is 57.8 Å². The van der Waals surface area contributed by atoms with Crippen molar-refractivity contribution in [1.29, 1.82) is 0 Å². The summed E-state index contributed by atoms with van der Waals surface area (Å²) in [6.45, 7) is 22.4. The van der Waals surface area contributed by atoms with E-state index in [0.29, 0.717) is 5.92 Å². The number of nitrogens with one attached hydrogen (secondary N) is 1. The average molecular weight is 426 g/mol. The fraction of sp³-hybridized carbons (Fsp3) is 0.290. The Morgan fingerprint density at radius 1 is 1.06 bits per heavy atom. The van der Waals surface area contributed by atoms with Gasteiger partial charge in [-0.2, -0.15) is 0 Å². The predicted molar refractivity (Wildman–Crippen MR) is 143 cm³/mol. The highest BCUT2D eigenvalue weighted by atomic mass is 14.7. The topological polar surface area (TPSA) is 15.8 Å². The first-order valence-corrected chi connectivity index (χ1v) is 11.7. The Morgan fingerprint density at radius 2 is 1.84 bits per heavy atom. The molecule has 0 radical (unpaired) electrons. The minimum atomic E-state index is 0.590. The molecule has 1 unspecified atom stereocenters. The summed E-state index contributed by atoms with van der Waals surface area (Å²) in [5.41, 5.74) is 8.61. The molecule has 1 aromatic carbocycles. The van der Waals surface area contributed by atoms with Crippen LogP contribution in [0.2, 0.25) is 0 Å². The zero-order valence-corrected chi connectivity index (χ0v) is 19.8. The molecule has 1 aromatic heterocycles. The van der Waals surface area contributed by atoms with E-state index >= 15 is 0 Å². The molecule has 1 heteroatoms. The Kier molecular flexibility index (Phi) is 10.5. The van der Waals surface area contributed by atoms with Gasteiger partial charge >= 0.3 is 0 Å². The summed E-state index contributed by atoms with van der Waals surface area (Å²) in [4.78, 5) is 3.35. The van der Waals surface area contributed by atoms with E-state index < -0.39 is 0 Å². The standard InChI is InChI=1S/C31H39N/c1-7-13-26-16-12-18-28(23-26)27(10-4)17-11-15-25(6)22-29(21-24(5)9-3)30-19-20-32-31(30)14-8-2/h7-9,12,16,18-21,23,27,32H,1-3,5-6,10-11,13-15,17,22H2,4H3. The molecule has 1 N–H and O–H groups in total. The van der Waals surface area contributed by atoms with Crippen LogP contribution in [0.4, 0.5) is 0 Å². The molecule has 2 rings (SSSR count). The highest BCUT2D eigenvalue weighted by Gasteiger charge is 2.13. The number of aromatic amines is 1. The first kappa shape index (κ1) is 25.2. The second kappa shape index (κ2) is 13.4. The number of benzene rings is 1. The molecule has 0 amide bonds. The quantitative estimate of drug-likeness (QED) is 0.216. The summed E-state index contributed by atoms with van der Waals surface area (Å²) in [6.07, 6.45) is 16.9. The molecule has 32 heavy (non-hydrogen) atoms. The first-order valence-electron chi connectivity index (χ1n) is 11.7. The lowest BCUT2D eigenvalue weighted by Gasteiger charge is -2.17. The third-order valence-corrected chi connectivity index (χ3v) is 5.97. The molecule has 0 aliphatic rings. The number of allylic oxidation sites excluding steroid dienone is 7. The Balaban J connectivity index is 2.02. The third kappa shape index (κ3) is 7.57. The zero-order valence-electron chi connectivity index (χ0n) is 19.8. The lowest BCUT2D eigenvalue weighted by molar-refractivity contribution is 0.573. The molecule has 2 aromatic rings. The van der Waals surface area contributed by atoms with E-state index in [9.17, 15) is 0 Å². The van der Waals surface area contributed by atoms with E-state index in [-0.39, 0.29) is 0 Å². The van der Waals surface area contributed by atoms with Crippen molar-refractivity contribution in [3.63, 3.8) is 0 Å². The molecule has 0 saturated carbocycles. The monoisotopic (exact) mass is 425 g/mol. The predicted octanol–water partition coefficient (Wildman–Crippen LogP) is 8.91. The van der Waals surface area contributed by atoms with Gasteiger partial charge in [-0.25, -0.2) is 0 Å². The van der Waals surface area contributed by atoms with Gasteiger partial charge in [-0.15, -0.1) is 13.2 Å². The van der Waals surface area contributed by atoms with Crippen molar-refractivity contribution < 1.29 is 0 Å². The Morgan fingerprint density at radius 3 is 2.53 bits per heavy atom. The van der Waals surface area contributed by atoms with Crippen LogP contribution in [0.15, 0.2) is 105 Å². The van der Waals surface area contributed by atoms with Crippen LogP contribution >= 0.6 is 0 Å². The van der Waals surface area contributed by atoms with Gasteiger partial charge in [0.1, 0.15) is 0 Å². The molecule has 168 valence electrons. The van der Waals surface area contributed by atoms with Gasteiger partial charge < -0.3 is 4.98 Å². The second-order valence-corrected chi connectivity index (χ2v) is 8.47. The maximum atomic E-state index is 4.41. The van der Waals surface area contributed by atoms with Crippen LogP contribution in [0, 0.1) is 0 Å². The smallest absolute Gasteiger partial charge is 0.0261 e. The number of hydrogen-bond donors (Lipinski definition) is 1. The van der Waals surface area contributed by atoms with Crippen LogP contribution in [0.1, 0.15) is 67.3 Å². The minimum Gasteiger partial charge on any atom is -0.364 e. The van der Waals surface area contributed by atoms with E-state index in [1.807, 2.05) is 18.3 Å². The molecule has 0 aliphatic carbocycles. The molecule has 0 aliphatic heterocycles. The zero-order chi connectivity index (χ0) is 23.3. The Bertz CT molecular complexity index is 966. The van der Waals surface area contributed by atoms with Crippen LogP contribution in [-0.4, -0.2) is 4.98 Å². The largest absolute Gasteiger partial charge is 0.364 e. The van der Waals surface area contributed by atoms with Gasteiger partial charge in [0.15, 0.2) is 0 Å². The fourth-order valence-electron chi connectivity index (χ4n) is 4.23. The summed E-state index contributed by atoms with van der Waals surface area (Å²) in [6, 6.07) is 11.1. The van der Waals surface area contributed by atoms with Crippen LogP contribution in [-0.2, 0) is 12.8 Å². The van der Waals surface area contributed by atoms with E-state index in [1.54, 1.807) is 6.08 Å². The van der Waals surface area contributed by atoms with E-state index in [2.05, 4.69) is 81.2 Å². The second-order valence-electron chi connectivity index (χ2n) is 8.47. The first-order chi connectivity index (χ1) is 15.5. The summed E-state index contributed by atoms with van der Waals surface area (Å²) in [7, 11) is 0. The number of aromatic nitrogens is 1. The van der Waals surface area contributed by atoms with Crippen molar-refractivity contribution in [1.82, 2.24) is 4.98 Å². The van der Waals surface area contributed by atoms with Crippen LogP contribution in [0.25, 0.3) is 5.57 Å². The maximum Gasteiger partial charge on any atom is 0.0261 e. The minimum absolute atomic E-state index is 0.590. The van der Waals surface area contributed by atoms with Gasteiger partial charge in [0, 0.05) is 18.3 Å². The maximum absolute atomic E-state index is 4.41. The van der Waals surface area contributed by atoms with Gasteiger partial charge in [-0.05, 0) is 78.3 Å². The molecule has 1 nitrogen and oxygen atoms in total. The van der Waals surface area contributed by atoms with Gasteiger partial charge in [-0.3, -0.25) is 0 Å². The molecule has 0 saturated heterocycles. The molecule has 1 heterocycles. The lowest BCUT2D eigenvalue weighted by Crippen LogP contribution is -1.99. The van der Waals surface area contributed by atoms with E-state index in [0.717, 1.165) is 44.1 Å². The van der Waals surface area contributed by atoms with Crippen molar-refractivity contribution in [3.8, 4) is 0 Å². The van der Waals surface area contributed by atoms with Gasteiger partial charge in [-0.1, -0.05) is 80.8 Å². The van der Waals surface area contributed by atoms with Crippen molar-refractivity contribution in [2.24, 2.45) is 0 Å². The van der Waals surface area contributed by atoms with Gasteiger partial charge in [0.05, 0.1) is 0 Å². The summed E-state index contributed by atoms with van der Waals surface area (Å²) < 4.78 is 0. The number of rotatable bonds is 15. The molecule has 1 atom stereocenters. The van der Waals surface area contributed by atoms with E-state index in [4.69, 9.17) is 0 Å². The van der Waals surface area contributed by atoms with Gasteiger partial charge in [0.25, 0.3) is 0 Å². The van der Waals surface area contributed by atoms with Crippen molar-refractivity contribution >= 4 is 5.57 Å². The fourth-order valence-corrected chi connectivity index (χ4v) is 4.23. The average Bonchev–Trinajstić information content (AvgIpc) is 3.25. The number of hydrogen-bond acceptors (Lipinski definition) is 0. The normalized spacial score (nSPS) is 12.2. The van der Waals surface area contributed by atoms with Gasteiger partial charge in [0.2, 0.25) is 0 Å². The summed E-state index contributed by atoms with van der Waals surface area (Å²) in [5.74, 6) is 0.590. The lowest BCUT2D eigenvalue weighted by atomic mass is 9.88. The SMILES string of the molecule is C=CCc1cccc(C(CC)CCCC(=C)CC(=CC(=C)C=C)c2cc[nH]c2CC=C)c1. The summed E-state index contributed by atoms with van der Waals surface area (Å²) in [5, 5.41) is 0. The molecular formula is C31H39N. The molecule has 0 spiro atoms. The molecule has 0 fully saturated rings. The Hall–Kier alpha value is -3.06. The van der Waals surface area contributed by atoms with Crippen LogP contribution in [0.5, 0.6) is 0 Å². The number of H-pyrrole nitrogens is 1. The van der Waals surface area contributed by atoms with Crippen LogP contribution in [0.3, 0.4) is 0 Å². The third-order valence-electron chi connectivity index (χ3n) is 5.97. The molecule has 0 bridgehead atoms. The van der Waals surface area contributed by atoms with Crippen molar-refractivity contribution in [2.75, 3.05) is 0 Å². The van der Waals surface area contributed by atoms with Crippen molar-refractivity contribution in [3.05, 3.63) is 127 Å². The Labute approximate surface area is 195 Å². The highest BCUT2D eigenvalue weighted by Crippen LogP contribution is 2.31. The molecular weight excluding hydrogens is 386 g/mol. The highest BCUT2D eigenvalue weighted by molar-refractivity contribution is 5.72.